The number of nitrogens with zero attached hydrogens (tertiary/aromatic N) is 2. The van der Waals surface area contributed by atoms with Crippen molar-refractivity contribution >= 4 is 10.0 Å². The van der Waals surface area contributed by atoms with E-state index < -0.39 is 10.0 Å². The summed E-state index contributed by atoms with van der Waals surface area (Å²) in [6.07, 6.45) is 2.20. The Hall–Kier alpha value is -0.920. The summed E-state index contributed by atoms with van der Waals surface area (Å²) in [7, 11) is -3.55. The summed E-state index contributed by atoms with van der Waals surface area (Å²) >= 11 is 0. The van der Waals surface area contributed by atoms with Crippen molar-refractivity contribution in [3.63, 3.8) is 0 Å². The van der Waals surface area contributed by atoms with E-state index in [0.717, 1.165) is 6.42 Å². The Balaban J connectivity index is 2.87. The highest BCUT2D eigenvalue weighted by molar-refractivity contribution is 7.89. The van der Waals surface area contributed by atoms with Gasteiger partial charge in [-0.3, -0.25) is 4.68 Å². The zero-order valence-corrected chi connectivity index (χ0v) is 11.9. The highest BCUT2D eigenvalue weighted by atomic mass is 32.2. The fourth-order valence-electron chi connectivity index (χ4n) is 1.83. The van der Waals surface area contributed by atoms with Gasteiger partial charge in [0.2, 0.25) is 0 Å². The smallest absolute Gasteiger partial charge is 0.258 e. The minimum Gasteiger partial charge on any atom is -0.329 e. The molecule has 0 saturated heterocycles. The molecule has 0 aromatic carbocycles. The van der Waals surface area contributed by atoms with Gasteiger partial charge in [-0.1, -0.05) is 13.8 Å². The molecule has 7 heteroatoms. The molecule has 1 rings (SSSR count). The second-order valence-corrected chi connectivity index (χ2v) is 6.33. The molecule has 18 heavy (non-hydrogen) atoms. The Labute approximate surface area is 109 Å². The van der Waals surface area contributed by atoms with Crippen LogP contribution in [0.2, 0.25) is 0 Å². The van der Waals surface area contributed by atoms with Crippen molar-refractivity contribution in [1.29, 1.82) is 0 Å². The van der Waals surface area contributed by atoms with Crippen LogP contribution >= 0.6 is 0 Å². The molecule has 0 aliphatic carbocycles. The summed E-state index contributed by atoms with van der Waals surface area (Å²) in [6, 6.07) is 1.25. The second-order valence-electron chi connectivity index (χ2n) is 4.67. The van der Waals surface area contributed by atoms with E-state index in [0.29, 0.717) is 12.5 Å². The van der Waals surface area contributed by atoms with Crippen molar-refractivity contribution in [1.82, 2.24) is 14.5 Å². The Morgan fingerprint density at radius 3 is 2.67 bits per heavy atom. The lowest BCUT2D eigenvalue weighted by Crippen LogP contribution is -2.41. The van der Waals surface area contributed by atoms with Crippen molar-refractivity contribution in [3.05, 3.63) is 12.3 Å². The van der Waals surface area contributed by atoms with E-state index in [4.69, 9.17) is 5.73 Å². The normalized spacial score (nSPS) is 14.1. The molecular formula is C11H22N4O2S. The van der Waals surface area contributed by atoms with Crippen molar-refractivity contribution < 1.29 is 8.42 Å². The van der Waals surface area contributed by atoms with Gasteiger partial charge in [-0.15, -0.1) is 0 Å². The lowest BCUT2D eigenvalue weighted by Gasteiger charge is -2.18. The predicted molar refractivity (Wildman–Crippen MR) is 70.5 cm³/mol. The second kappa shape index (κ2) is 6.31. The van der Waals surface area contributed by atoms with E-state index in [9.17, 15) is 8.42 Å². The zero-order valence-electron chi connectivity index (χ0n) is 11.1. The third-order valence-electron chi connectivity index (χ3n) is 2.61. The van der Waals surface area contributed by atoms with Gasteiger partial charge in [0.1, 0.15) is 0 Å². The molecule has 0 saturated carbocycles. The maximum absolute atomic E-state index is 12.2. The minimum atomic E-state index is -3.55. The van der Waals surface area contributed by atoms with Crippen LogP contribution in [0.1, 0.15) is 27.2 Å². The van der Waals surface area contributed by atoms with E-state index in [1.165, 1.54) is 16.9 Å². The maximum atomic E-state index is 12.2. The largest absolute Gasteiger partial charge is 0.329 e. The predicted octanol–water partition coefficient (Wildman–Crippen LogP) is 0.555. The number of aromatic nitrogens is 2. The number of hydrogen-bond donors (Lipinski definition) is 2. The van der Waals surface area contributed by atoms with E-state index >= 15 is 0 Å². The third kappa shape index (κ3) is 3.79. The highest BCUT2D eigenvalue weighted by Crippen LogP contribution is 2.11. The van der Waals surface area contributed by atoms with Crippen molar-refractivity contribution in [2.45, 2.75) is 44.8 Å². The fourth-order valence-corrected chi connectivity index (χ4v) is 3.27. The Kier molecular flexibility index (Phi) is 5.30. The Morgan fingerprint density at radius 1 is 1.50 bits per heavy atom. The van der Waals surface area contributed by atoms with Gasteiger partial charge >= 0.3 is 0 Å². The van der Waals surface area contributed by atoms with Crippen molar-refractivity contribution in [2.75, 3.05) is 6.54 Å². The first-order chi connectivity index (χ1) is 8.40. The van der Waals surface area contributed by atoms with Gasteiger partial charge in [0, 0.05) is 19.1 Å². The summed E-state index contributed by atoms with van der Waals surface area (Å²) in [5, 5.41) is 4.15. The molecule has 1 atom stereocenters. The van der Waals surface area contributed by atoms with E-state index in [-0.39, 0.29) is 17.6 Å². The first kappa shape index (κ1) is 15.1. The summed E-state index contributed by atoms with van der Waals surface area (Å²) in [5.74, 6) is 0.386. The Bertz CT molecular complexity index is 467. The molecule has 6 nitrogen and oxygen atoms in total. The number of rotatable bonds is 7. The van der Waals surface area contributed by atoms with Gasteiger partial charge in [-0.05, 0) is 25.3 Å². The molecule has 0 bridgehead atoms. The van der Waals surface area contributed by atoms with Gasteiger partial charge in [0.15, 0.2) is 5.03 Å². The van der Waals surface area contributed by atoms with Crippen LogP contribution in [0.25, 0.3) is 0 Å². The van der Waals surface area contributed by atoms with Crippen LogP contribution < -0.4 is 10.5 Å². The molecule has 0 spiro atoms. The van der Waals surface area contributed by atoms with Gasteiger partial charge in [-0.25, -0.2) is 13.1 Å². The summed E-state index contributed by atoms with van der Waals surface area (Å²) in [5.41, 5.74) is 5.60. The number of nitrogens with two attached hydrogens (primary N) is 1. The van der Waals surface area contributed by atoms with Crippen LogP contribution in [0, 0.1) is 5.92 Å². The van der Waals surface area contributed by atoms with Gasteiger partial charge in [-0.2, -0.15) is 5.10 Å². The number of sulfonamides is 1. The SMILES string of the molecule is CCn1nccc1S(=O)(=O)NC(CN)CC(C)C. The first-order valence-electron chi connectivity index (χ1n) is 6.15. The molecule has 0 fully saturated rings. The fraction of sp³-hybridized carbons (Fsp3) is 0.727. The zero-order chi connectivity index (χ0) is 13.8. The lowest BCUT2D eigenvalue weighted by molar-refractivity contribution is 0.460. The van der Waals surface area contributed by atoms with Crippen LogP contribution in [0.15, 0.2) is 17.3 Å². The van der Waals surface area contributed by atoms with Crippen LogP contribution in [0.3, 0.4) is 0 Å². The molecule has 104 valence electrons. The summed E-state index contributed by atoms with van der Waals surface area (Å²) in [6.45, 7) is 6.72. The minimum absolute atomic E-state index is 0.187. The molecule has 1 unspecified atom stereocenters. The highest BCUT2D eigenvalue weighted by Gasteiger charge is 2.23. The molecular weight excluding hydrogens is 252 g/mol. The van der Waals surface area contributed by atoms with Gasteiger partial charge in [0.25, 0.3) is 10.0 Å². The van der Waals surface area contributed by atoms with Crippen LogP contribution in [-0.2, 0) is 16.6 Å². The number of nitrogens with one attached hydrogen (secondary N) is 1. The molecule has 3 N–H and O–H groups in total. The van der Waals surface area contributed by atoms with Crippen molar-refractivity contribution in [2.24, 2.45) is 11.7 Å². The molecule has 1 aromatic rings. The molecule has 1 heterocycles. The molecule has 0 aliphatic rings. The first-order valence-corrected chi connectivity index (χ1v) is 7.63. The Morgan fingerprint density at radius 2 is 2.17 bits per heavy atom. The standard InChI is InChI=1S/C11H22N4O2S/c1-4-15-11(5-6-13-15)18(16,17)14-10(8-12)7-9(2)3/h5-6,9-10,14H,4,7-8,12H2,1-3H3. The maximum Gasteiger partial charge on any atom is 0.258 e. The van der Waals surface area contributed by atoms with Gasteiger partial charge < -0.3 is 5.73 Å². The van der Waals surface area contributed by atoms with Crippen molar-refractivity contribution in [3.8, 4) is 0 Å². The monoisotopic (exact) mass is 274 g/mol. The van der Waals surface area contributed by atoms with E-state index in [1.54, 1.807) is 0 Å². The lowest BCUT2D eigenvalue weighted by atomic mass is 10.1. The topological polar surface area (TPSA) is 90.0 Å². The summed E-state index contributed by atoms with van der Waals surface area (Å²) in [4.78, 5) is 0. The molecule has 0 aliphatic heterocycles. The average Bonchev–Trinajstić information content (AvgIpc) is 2.75. The third-order valence-corrected chi connectivity index (χ3v) is 4.16. The number of aryl methyl sites for hydroxylation is 1. The summed E-state index contributed by atoms with van der Waals surface area (Å²) < 4.78 is 28.5. The molecule has 0 radical (unpaired) electrons. The van der Waals surface area contributed by atoms with Crippen LogP contribution in [0.5, 0.6) is 0 Å². The quantitative estimate of drug-likeness (QED) is 0.760. The molecule has 0 amide bonds. The van der Waals surface area contributed by atoms with Gasteiger partial charge in [0.05, 0.1) is 6.20 Å². The molecule has 1 aromatic heterocycles. The van der Waals surface area contributed by atoms with Crippen LogP contribution in [-0.4, -0.2) is 30.8 Å². The number of hydrogen-bond acceptors (Lipinski definition) is 4. The van der Waals surface area contributed by atoms with E-state index in [2.05, 4.69) is 9.82 Å². The van der Waals surface area contributed by atoms with Crippen LogP contribution in [0.4, 0.5) is 0 Å². The van der Waals surface area contributed by atoms with E-state index in [1.807, 2.05) is 20.8 Å². The average molecular weight is 274 g/mol.